The second-order valence-electron chi connectivity index (χ2n) is 6.52. The normalized spacial score (nSPS) is 17.6. The minimum absolute atomic E-state index is 0. The van der Waals surface area contributed by atoms with Gasteiger partial charge in [0.2, 0.25) is 0 Å². The molecule has 1 aliphatic rings. The van der Waals surface area contributed by atoms with E-state index in [-0.39, 0.29) is 30.1 Å². The molecule has 10 heteroatoms. The van der Waals surface area contributed by atoms with Crippen LogP contribution in [0, 0.1) is 0 Å². The summed E-state index contributed by atoms with van der Waals surface area (Å²) in [6.45, 7) is 2.95. The Morgan fingerprint density at radius 2 is 2.25 bits per heavy atom. The number of guanidine groups is 1. The van der Waals surface area contributed by atoms with E-state index >= 15 is 0 Å². The first-order valence-corrected chi connectivity index (χ1v) is 9.09. The Morgan fingerprint density at radius 1 is 1.36 bits per heavy atom. The molecule has 4 rings (SSSR count). The van der Waals surface area contributed by atoms with E-state index in [0.717, 1.165) is 49.0 Å². The maximum absolute atomic E-state index is 5.91. The molecule has 9 nitrogen and oxygen atoms in total. The Balaban J connectivity index is 0.00000225. The van der Waals surface area contributed by atoms with E-state index in [0.29, 0.717) is 6.61 Å². The second kappa shape index (κ2) is 9.32. The molecule has 3 aromatic rings. The number of pyridine rings is 1. The van der Waals surface area contributed by atoms with Crippen molar-refractivity contribution in [2.45, 2.75) is 12.5 Å². The van der Waals surface area contributed by atoms with Crippen molar-refractivity contribution in [2.24, 2.45) is 12.0 Å². The fraction of sp³-hybridized carbons (Fsp3) is 0.444. The molecular formula is C18H25IN8O. The lowest BCUT2D eigenvalue weighted by Crippen LogP contribution is -2.48. The van der Waals surface area contributed by atoms with Crippen molar-refractivity contribution in [2.75, 3.05) is 33.3 Å². The Morgan fingerprint density at radius 3 is 3.04 bits per heavy atom. The zero-order chi connectivity index (χ0) is 18.6. The van der Waals surface area contributed by atoms with Crippen molar-refractivity contribution >= 4 is 35.6 Å². The molecule has 1 atom stereocenters. The molecule has 1 unspecified atom stereocenters. The van der Waals surface area contributed by atoms with Crippen LogP contribution in [0.5, 0.6) is 0 Å². The topological polar surface area (TPSA) is 84.9 Å². The SMILES string of the molecule is CN=C(NCCc1nnc2ccccn12)N1CCOC(c2cnn(C)c2)C1.I. The molecule has 28 heavy (non-hydrogen) atoms. The first-order valence-electron chi connectivity index (χ1n) is 9.09. The van der Waals surface area contributed by atoms with Crippen LogP contribution in [0.15, 0.2) is 41.8 Å². The molecule has 150 valence electrons. The van der Waals surface area contributed by atoms with Crippen molar-refractivity contribution < 1.29 is 4.74 Å². The van der Waals surface area contributed by atoms with Gasteiger partial charge in [0.25, 0.3) is 0 Å². The van der Waals surface area contributed by atoms with Gasteiger partial charge in [0.1, 0.15) is 11.9 Å². The smallest absolute Gasteiger partial charge is 0.193 e. The average molecular weight is 496 g/mol. The van der Waals surface area contributed by atoms with Crippen LogP contribution < -0.4 is 5.32 Å². The first kappa shape index (κ1) is 20.5. The number of halogens is 1. The fourth-order valence-corrected chi connectivity index (χ4v) is 3.33. The molecule has 0 saturated carbocycles. The summed E-state index contributed by atoms with van der Waals surface area (Å²) in [4.78, 5) is 6.66. The molecule has 1 aliphatic heterocycles. The standard InChI is InChI=1S/C18H24N8O.HI/c1-19-18(20-7-6-17-23-22-16-5-3-4-8-26(16)17)25-9-10-27-15(13-25)14-11-21-24(2)12-14;/h3-5,8,11-12,15H,6-7,9-10,13H2,1-2H3,(H,19,20);1H. The van der Waals surface area contributed by atoms with Gasteiger partial charge >= 0.3 is 0 Å². The number of morpholine rings is 1. The molecule has 0 amide bonds. The average Bonchev–Trinajstić information content (AvgIpc) is 3.32. The molecule has 0 aliphatic carbocycles. The van der Waals surface area contributed by atoms with Crippen molar-refractivity contribution in [1.82, 2.24) is 34.6 Å². The number of aryl methyl sites for hydroxylation is 1. The van der Waals surface area contributed by atoms with Crippen LogP contribution in [0.2, 0.25) is 0 Å². The van der Waals surface area contributed by atoms with Gasteiger partial charge in [-0.1, -0.05) is 6.07 Å². The summed E-state index contributed by atoms with van der Waals surface area (Å²) in [5.41, 5.74) is 1.96. The highest BCUT2D eigenvalue weighted by molar-refractivity contribution is 14.0. The number of nitrogens with zero attached hydrogens (tertiary/aromatic N) is 7. The summed E-state index contributed by atoms with van der Waals surface area (Å²) in [6.07, 6.45) is 6.62. The van der Waals surface area contributed by atoms with Crippen LogP contribution in [-0.2, 0) is 18.2 Å². The zero-order valence-electron chi connectivity index (χ0n) is 16.0. The monoisotopic (exact) mass is 496 g/mol. The highest BCUT2D eigenvalue weighted by Gasteiger charge is 2.25. The van der Waals surface area contributed by atoms with Gasteiger partial charge < -0.3 is 15.0 Å². The van der Waals surface area contributed by atoms with Crippen molar-refractivity contribution in [3.8, 4) is 0 Å². The van der Waals surface area contributed by atoms with Gasteiger partial charge in [-0.3, -0.25) is 14.1 Å². The van der Waals surface area contributed by atoms with Crippen molar-refractivity contribution in [3.63, 3.8) is 0 Å². The van der Waals surface area contributed by atoms with Crippen LogP contribution in [0.1, 0.15) is 17.5 Å². The number of aromatic nitrogens is 5. The van der Waals surface area contributed by atoms with Gasteiger partial charge in [0, 0.05) is 51.6 Å². The number of hydrogen-bond acceptors (Lipinski definition) is 5. The summed E-state index contributed by atoms with van der Waals surface area (Å²) >= 11 is 0. The minimum Gasteiger partial charge on any atom is -0.370 e. The highest BCUT2D eigenvalue weighted by atomic mass is 127. The molecule has 0 spiro atoms. The third-order valence-corrected chi connectivity index (χ3v) is 4.69. The zero-order valence-corrected chi connectivity index (χ0v) is 18.4. The lowest BCUT2D eigenvalue weighted by atomic mass is 10.1. The molecule has 0 radical (unpaired) electrons. The second-order valence-corrected chi connectivity index (χ2v) is 6.52. The predicted octanol–water partition coefficient (Wildman–Crippen LogP) is 1.27. The number of fused-ring (bicyclic) bond motifs is 1. The van der Waals surface area contributed by atoms with Crippen LogP contribution in [0.4, 0.5) is 0 Å². The molecule has 4 heterocycles. The number of rotatable bonds is 4. The maximum atomic E-state index is 5.91. The number of hydrogen-bond donors (Lipinski definition) is 1. The molecule has 3 aromatic heterocycles. The summed E-state index contributed by atoms with van der Waals surface area (Å²) in [5, 5.41) is 16.1. The Kier molecular flexibility index (Phi) is 6.83. The molecule has 1 fully saturated rings. The highest BCUT2D eigenvalue weighted by Crippen LogP contribution is 2.21. The molecule has 0 aromatic carbocycles. The van der Waals surface area contributed by atoms with Crippen LogP contribution >= 0.6 is 24.0 Å². The molecule has 1 N–H and O–H groups in total. The molecular weight excluding hydrogens is 471 g/mol. The van der Waals surface area contributed by atoms with Gasteiger partial charge in [-0.05, 0) is 12.1 Å². The number of ether oxygens (including phenoxy) is 1. The largest absolute Gasteiger partial charge is 0.370 e. The molecule has 1 saturated heterocycles. The maximum Gasteiger partial charge on any atom is 0.193 e. The summed E-state index contributed by atoms with van der Waals surface area (Å²) in [7, 11) is 3.72. The van der Waals surface area contributed by atoms with Gasteiger partial charge in [-0.15, -0.1) is 34.2 Å². The van der Waals surface area contributed by atoms with Gasteiger partial charge in [-0.25, -0.2) is 0 Å². The quantitative estimate of drug-likeness (QED) is 0.333. The van der Waals surface area contributed by atoms with E-state index in [2.05, 4.69) is 30.5 Å². The van der Waals surface area contributed by atoms with E-state index < -0.39 is 0 Å². The summed E-state index contributed by atoms with van der Waals surface area (Å²) in [5.74, 6) is 1.81. The van der Waals surface area contributed by atoms with E-state index in [4.69, 9.17) is 4.74 Å². The predicted molar refractivity (Wildman–Crippen MR) is 117 cm³/mol. The Hall–Kier alpha value is -2.21. The van der Waals surface area contributed by atoms with Crippen molar-refractivity contribution in [1.29, 1.82) is 0 Å². The van der Waals surface area contributed by atoms with Crippen LogP contribution in [0.25, 0.3) is 5.65 Å². The summed E-state index contributed by atoms with van der Waals surface area (Å²) < 4.78 is 9.73. The Labute approximate surface area is 180 Å². The van der Waals surface area contributed by atoms with Crippen LogP contribution in [-0.4, -0.2) is 68.5 Å². The van der Waals surface area contributed by atoms with Gasteiger partial charge in [-0.2, -0.15) is 5.10 Å². The fourth-order valence-electron chi connectivity index (χ4n) is 3.33. The van der Waals surface area contributed by atoms with E-state index in [1.54, 1.807) is 4.68 Å². The number of nitrogens with one attached hydrogen (secondary N) is 1. The van der Waals surface area contributed by atoms with E-state index in [1.807, 2.05) is 55.3 Å². The van der Waals surface area contributed by atoms with E-state index in [1.165, 1.54) is 0 Å². The third kappa shape index (κ3) is 4.43. The summed E-state index contributed by atoms with van der Waals surface area (Å²) in [6, 6.07) is 5.90. The number of aliphatic imine (C=N–C) groups is 1. The van der Waals surface area contributed by atoms with Crippen molar-refractivity contribution in [3.05, 3.63) is 48.2 Å². The Bertz CT molecular complexity index is 936. The van der Waals surface area contributed by atoms with Crippen LogP contribution in [0.3, 0.4) is 0 Å². The first-order chi connectivity index (χ1) is 13.2. The molecule has 0 bridgehead atoms. The van der Waals surface area contributed by atoms with E-state index in [9.17, 15) is 0 Å². The van der Waals surface area contributed by atoms with Gasteiger partial charge in [0.15, 0.2) is 11.6 Å². The van der Waals surface area contributed by atoms with Gasteiger partial charge in [0.05, 0.1) is 19.3 Å². The third-order valence-electron chi connectivity index (χ3n) is 4.69. The minimum atomic E-state index is 0. The lowest BCUT2D eigenvalue weighted by Gasteiger charge is -2.34. The lowest BCUT2D eigenvalue weighted by molar-refractivity contribution is -0.00801.